The molecule has 3 rings (SSSR count). The Balaban J connectivity index is 1.68. The van der Waals surface area contributed by atoms with Gasteiger partial charge in [0, 0.05) is 18.0 Å². The van der Waals surface area contributed by atoms with Crippen LogP contribution in [0.4, 0.5) is 0 Å². The van der Waals surface area contributed by atoms with Crippen LogP contribution in [0.1, 0.15) is 23.4 Å². The van der Waals surface area contributed by atoms with Gasteiger partial charge in [-0.15, -0.1) is 0 Å². The molecule has 0 N–H and O–H groups in total. The van der Waals surface area contributed by atoms with Gasteiger partial charge in [-0.3, -0.25) is 9.69 Å². The van der Waals surface area contributed by atoms with Crippen molar-refractivity contribution in [1.29, 1.82) is 0 Å². The van der Waals surface area contributed by atoms with E-state index < -0.39 is 0 Å². The average molecular weight is 286 g/mol. The van der Waals surface area contributed by atoms with Gasteiger partial charge in [-0.2, -0.15) is 0 Å². The molecule has 0 bridgehead atoms. The van der Waals surface area contributed by atoms with Crippen LogP contribution in [0, 0.1) is 0 Å². The Morgan fingerprint density at radius 3 is 2.95 bits per heavy atom. The molecule has 2 aromatic rings. The number of ketones is 1. The van der Waals surface area contributed by atoms with Gasteiger partial charge in [0.15, 0.2) is 5.76 Å². The van der Waals surface area contributed by atoms with Crippen molar-refractivity contribution >= 4 is 16.8 Å². The van der Waals surface area contributed by atoms with E-state index in [-0.39, 0.29) is 5.78 Å². The second-order valence-corrected chi connectivity index (χ2v) is 6.07. The van der Waals surface area contributed by atoms with E-state index >= 15 is 0 Å². The van der Waals surface area contributed by atoms with Gasteiger partial charge in [-0.1, -0.05) is 18.2 Å². The number of piperidine rings is 1. The van der Waals surface area contributed by atoms with Gasteiger partial charge in [0.2, 0.25) is 5.78 Å². The van der Waals surface area contributed by atoms with Gasteiger partial charge >= 0.3 is 0 Å². The van der Waals surface area contributed by atoms with Crippen molar-refractivity contribution in [3.8, 4) is 0 Å². The molecule has 1 aromatic carbocycles. The number of fused-ring (bicyclic) bond motifs is 1. The lowest BCUT2D eigenvalue weighted by molar-refractivity contribution is 0.0829. The third-order valence-electron chi connectivity index (χ3n) is 4.28. The molecule has 0 spiro atoms. The quantitative estimate of drug-likeness (QED) is 0.810. The smallest absolute Gasteiger partial charge is 0.211 e. The van der Waals surface area contributed by atoms with Gasteiger partial charge < -0.3 is 9.32 Å². The van der Waals surface area contributed by atoms with Crippen LogP contribution < -0.4 is 0 Å². The first-order chi connectivity index (χ1) is 10.1. The number of Topliss-reactive ketones (excluding diaryl/α,β-unsaturated/α-hetero) is 1. The number of carbonyl (C=O) groups excluding carboxylic acids is 1. The minimum absolute atomic E-state index is 0.0746. The second kappa shape index (κ2) is 6.00. The molecule has 1 saturated heterocycles. The molecule has 0 radical (unpaired) electrons. The summed E-state index contributed by atoms with van der Waals surface area (Å²) >= 11 is 0. The van der Waals surface area contributed by atoms with E-state index in [1.807, 2.05) is 30.3 Å². The number of likely N-dealkylation sites (N-methyl/N-ethyl adjacent to an activating group) is 1. The monoisotopic (exact) mass is 286 g/mol. The van der Waals surface area contributed by atoms with Crippen LogP contribution in [-0.2, 0) is 0 Å². The van der Waals surface area contributed by atoms with Crippen LogP contribution >= 0.6 is 0 Å². The number of rotatable bonds is 4. The van der Waals surface area contributed by atoms with E-state index in [0.29, 0.717) is 18.3 Å². The molecule has 1 aromatic heterocycles. The Labute approximate surface area is 125 Å². The van der Waals surface area contributed by atoms with Crippen molar-refractivity contribution in [3.63, 3.8) is 0 Å². The lowest BCUT2D eigenvalue weighted by Crippen LogP contribution is -2.46. The fraction of sp³-hybridized carbons (Fsp3) is 0.471. The van der Waals surface area contributed by atoms with Crippen LogP contribution in [0.2, 0.25) is 0 Å². The molecular formula is C17H22N2O2. The predicted octanol–water partition coefficient (Wildman–Crippen LogP) is 2.64. The number of furan rings is 1. The maximum Gasteiger partial charge on any atom is 0.211 e. The maximum atomic E-state index is 12.4. The van der Waals surface area contributed by atoms with Gasteiger partial charge in [-0.25, -0.2) is 0 Å². The zero-order valence-corrected chi connectivity index (χ0v) is 12.7. The fourth-order valence-corrected chi connectivity index (χ4v) is 3.00. The van der Waals surface area contributed by atoms with Crippen molar-refractivity contribution < 1.29 is 9.21 Å². The molecule has 0 saturated carbocycles. The highest BCUT2D eigenvalue weighted by Crippen LogP contribution is 2.20. The highest BCUT2D eigenvalue weighted by Gasteiger charge is 2.24. The first-order valence-corrected chi connectivity index (χ1v) is 7.54. The minimum Gasteiger partial charge on any atom is -0.453 e. The summed E-state index contributed by atoms with van der Waals surface area (Å²) in [7, 11) is 4.21. The van der Waals surface area contributed by atoms with Gasteiger partial charge in [0.25, 0.3) is 0 Å². The number of benzene rings is 1. The molecule has 0 amide bonds. The molecule has 1 aliphatic rings. The fourth-order valence-electron chi connectivity index (χ4n) is 3.00. The Morgan fingerprint density at radius 1 is 1.38 bits per heavy atom. The normalized spacial score (nSPS) is 20.2. The molecule has 2 heterocycles. The van der Waals surface area contributed by atoms with E-state index in [2.05, 4.69) is 23.9 Å². The Morgan fingerprint density at radius 2 is 2.19 bits per heavy atom. The summed E-state index contributed by atoms with van der Waals surface area (Å²) in [6, 6.07) is 10.1. The lowest BCUT2D eigenvalue weighted by Gasteiger charge is -2.35. The number of nitrogens with zero attached hydrogens (tertiary/aromatic N) is 2. The maximum absolute atomic E-state index is 12.4. The molecule has 112 valence electrons. The van der Waals surface area contributed by atoms with Crippen molar-refractivity contribution in [1.82, 2.24) is 9.80 Å². The first kappa shape index (κ1) is 14.3. The van der Waals surface area contributed by atoms with Crippen LogP contribution in [0.5, 0.6) is 0 Å². The van der Waals surface area contributed by atoms with Crippen LogP contribution in [0.25, 0.3) is 11.0 Å². The molecule has 0 aliphatic carbocycles. The van der Waals surface area contributed by atoms with Crippen LogP contribution in [0.15, 0.2) is 34.7 Å². The lowest BCUT2D eigenvalue weighted by atomic mass is 10.0. The van der Waals surface area contributed by atoms with E-state index in [9.17, 15) is 4.79 Å². The standard InChI is InChI=1S/C17H22N2O2/c1-18(2)14-7-5-9-19(11-14)12-15(20)17-10-13-6-3-4-8-16(13)21-17/h3-4,6,8,10,14H,5,7,9,11-12H2,1-2H3. The number of hydrogen-bond acceptors (Lipinski definition) is 4. The Kier molecular flexibility index (Phi) is 4.08. The minimum atomic E-state index is 0.0746. The van der Waals surface area contributed by atoms with E-state index in [1.165, 1.54) is 6.42 Å². The summed E-state index contributed by atoms with van der Waals surface area (Å²) in [4.78, 5) is 16.9. The molecule has 1 aliphatic heterocycles. The summed E-state index contributed by atoms with van der Waals surface area (Å²) in [5.74, 6) is 0.550. The van der Waals surface area contributed by atoms with E-state index in [1.54, 1.807) is 0 Å². The summed E-state index contributed by atoms with van der Waals surface area (Å²) < 4.78 is 5.66. The Bertz CT molecular complexity index is 600. The largest absolute Gasteiger partial charge is 0.453 e. The molecule has 4 nitrogen and oxygen atoms in total. The summed E-state index contributed by atoms with van der Waals surface area (Å²) in [5, 5.41) is 0.991. The van der Waals surface area contributed by atoms with Crippen molar-refractivity contribution in [2.24, 2.45) is 0 Å². The molecule has 1 unspecified atom stereocenters. The Hall–Kier alpha value is -1.65. The van der Waals surface area contributed by atoms with E-state index in [0.717, 1.165) is 30.5 Å². The molecule has 4 heteroatoms. The molecular weight excluding hydrogens is 264 g/mol. The highest BCUT2D eigenvalue weighted by molar-refractivity contribution is 5.98. The SMILES string of the molecule is CN(C)C1CCCN(CC(=O)c2cc3ccccc3o2)C1. The number of carbonyl (C=O) groups is 1. The van der Waals surface area contributed by atoms with Crippen molar-refractivity contribution in [3.05, 3.63) is 36.1 Å². The zero-order valence-electron chi connectivity index (χ0n) is 12.7. The molecule has 1 atom stereocenters. The van der Waals surface area contributed by atoms with Crippen molar-refractivity contribution in [2.75, 3.05) is 33.7 Å². The summed E-state index contributed by atoms with van der Waals surface area (Å²) in [6.45, 7) is 2.40. The van der Waals surface area contributed by atoms with Gasteiger partial charge in [-0.05, 0) is 45.6 Å². The highest BCUT2D eigenvalue weighted by atomic mass is 16.3. The van der Waals surface area contributed by atoms with Gasteiger partial charge in [0.1, 0.15) is 5.58 Å². The second-order valence-electron chi connectivity index (χ2n) is 6.07. The molecule has 1 fully saturated rings. The van der Waals surface area contributed by atoms with Crippen LogP contribution in [-0.4, -0.2) is 55.4 Å². The molecule has 21 heavy (non-hydrogen) atoms. The van der Waals surface area contributed by atoms with Gasteiger partial charge in [0.05, 0.1) is 6.54 Å². The topological polar surface area (TPSA) is 36.7 Å². The third-order valence-corrected chi connectivity index (χ3v) is 4.28. The predicted molar refractivity (Wildman–Crippen MR) is 83.7 cm³/mol. The average Bonchev–Trinajstić information content (AvgIpc) is 2.91. The third kappa shape index (κ3) is 3.17. The number of para-hydroxylation sites is 1. The first-order valence-electron chi connectivity index (χ1n) is 7.54. The number of likely N-dealkylation sites (tertiary alicyclic amines) is 1. The van der Waals surface area contributed by atoms with Crippen molar-refractivity contribution in [2.45, 2.75) is 18.9 Å². The zero-order chi connectivity index (χ0) is 14.8. The van der Waals surface area contributed by atoms with E-state index in [4.69, 9.17) is 4.42 Å². The van der Waals surface area contributed by atoms with Crippen LogP contribution in [0.3, 0.4) is 0 Å². The summed E-state index contributed by atoms with van der Waals surface area (Å²) in [6.07, 6.45) is 2.36. The number of hydrogen-bond donors (Lipinski definition) is 0. The summed E-state index contributed by atoms with van der Waals surface area (Å²) in [5.41, 5.74) is 0.783.